The van der Waals surface area contributed by atoms with Gasteiger partial charge in [-0.2, -0.15) is 0 Å². The number of aliphatic hydroxyl groups is 1. The molecule has 0 aliphatic rings. The third-order valence-electron chi connectivity index (χ3n) is 2.72. The maximum Gasteiger partial charge on any atom is 0.326 e. The Kier molecular flexibility index (Phi) is 11.6. The molecule has 0 bridgehead atoms. The minimum Gasteiger partial charge on any atom is -0.480 e. The van der Waals surface area contributed by atoms with Crippen LogP contribution < -0.4 is 5.32 Å². The highest BCUT2D eigenvalue weighted by atomic mass is 16.5. The molecule has 0 saturated heterocycles. The molecule has 0 fully saturated rings. The highest BCUT2D eigenvalue weighted by Gasteiger charge is 2.22. The first-order valence-corrected chi connectivity index (χ1v) is 7.11. The Labute approximate surface area is 125 Å². The summed E-state index contributed by atoms with van der Waals surface area (Å²) in [6.07, 6.45) is -0.0359. The molecule has 3 N–H and O–H groups in total. The maximum absolute atomic E-state index is 12.1. The Morgan fingerprint density at radius 2 is 1.67 bits per heavy atom. The van der Waals surface area contributed by atoms with E-state index >= 15 is 0 Å². The molecule has 0 rings (SSSR count). The van der Waals surface area contributed by atoms with Gasteiger partial charge in [-0.1, -0.05) is 0 Å². The Morgan fingerprint density at radius 3 is 2.05 bits per heavy atom. The molecular formula is C13H26N2O6. The van der Waals surface area contributed by atoms with E-state index in [0.29, 0.717) is 39.5 Å². The third kappa shape index (κ3) is 9.22. The summed E-state index contributed by atoms with van der Waals surface area (Å²) in [5.74, 6) is -1.17. The maximum atomic E-state index is 12.1. The molecule has 1 unspecified atom stereocenters. The minimum atomic E-state index is -1.17. The zero-order valence-electron chi connectivity index (χ0n) is 12.7. The van der Waals surface area contributed by atoms with Crippen LogP contribution in [0.5, 0.6) is 0 Å². The Hall–Kier alpha value is -1.38. The van der Waals surface area contributed by atoms with Gasteiger partial charge in [0.25, 0.3) is 0 Å². The van der Waals surface area contributed by atoms with Gasteiger partial charge in [-0.3, -0.25) is 0 Å². The van der Waals surface area contributed by atoms with Crippen molar-refractivity contribution < 1.29 is 29.3 Å². The van der Waals surface area contributed by atoms with E-state index in [1.54, 1.807) is 0 Å². The highest BCUT2D eigenvalue weighted by Crippen LogP contribution is 1.97. The van der Waals surface area contributed by atoms with Gasteiger partial charge in [0.15, 0.2) is 0 Å². The molecular weight excluding hydrogens is 280 g/mol. The van der Waals surface area contributed by atoms with Gasteiger partial charge in [0, 0.05) is 39.3 Å². The Balaban J connectivity index is 4.47. The van der Waals surface area contributed by atoms with Crippen LogP contribution in [0.2, 0.25) is 0 Å². The molecule has 0 spiro atoms. The first kappa shape index (κ1) is 19.6. The van der Waals surface area contributed by atoms with E-state index in [2.05, 4.69) is 5.32 Å². The van der Waals surface area contributed by atoms with Crippen molar-refractivity contribution in [3.63, 3.8) is 0 Å². The number of hydrogen-bond acceptors (Lipinski definition) is 5. The molecule has 124 valence electrons. The average Bonchev–Trinajstić information content (AvgIpc) is 2.45. The molecule has 0 aromatic rings. The van der Waals surface area contributed by atoms with Gasteiger partial charge in [-0.25, -0.2) is 9.59 Å². The van der Waals surface area contributed by atoms with Crippen molar-refractivity contribution in [1.29, 1.82) is 0 Å². The third-order valence-corrected chi connectivity index (χ3v) is 2.72. The molecule has 0 radical (unpaired) electrons. The van der Waals surface area contributed by atoms with Crippen molar-refractivity contribution >= 4 is 12.0 Å². The topological polar surface area (TPSA) is 108 Å². The molecule has 0 aromatic carbocycles. The Bertz CT molecular complexity index is 290. The lowest BCUT2D eigenvalue weighted by molar-refractivity contribution is -0.139. The lowest BCUT2D eigenvalue weighted by Crippen LogP contribution is -2.50. The fourth-order valence-electron chi connectivity index (χ4n) is 1.58. The second-order valence-electron chi connectivity index (χ2n) is 4.23. The second kappa shape index (κ2) is 12.4. The van der Waals surface area contributed by atoms with Gasteiger partial charge in [-0.05, 0) is 13.8 Å². The smallest absolute Gasteiger partial charge is 0.326 e. The summed E-state index contributed by atoms with van der Waals surface area (Å²) in [7, 11) is 0. The fraction of sp³-hybridized carbons (Fsp3) is 0.846. The molecule has 21 heavy (non-hydrogen) atoms. The summed E-state index contributed by atoms with van der Waals surface area (Å²) in [6.45, 7) is 5.91. The number of urea groups is 1. The van der Waals surface area contributed by atoms with Crippen molar-refractivity contribution in [3.8, 4) is 0 Å². The van der Waals surface area contributed by atoms with Crippen LogP contribution in [0.15, 0.2) is 0 Å². The number of hydrogen-bond donors (Lipinski definition) is 3. The van der Waals surface area contributed by atoms with Crippen molar-refractivity contribution in [3.05, 3.63) is 0 Å². The van der Waals surface area contributed by atoms with Crippen LogP contribution in [-0.4, -0.2) is 79.3 Å². The summed E-state index contributed by atoms with van der Waals surface area (Å²) >= 11 is 0. The van der Waals surface area contributed by atoms with Crippen molar-refractivity contribution in [2.75, 3.05) is 46.1 Å². The number of nitrogens with one attached hydrogen (secondary N) is 1. The number of carbonyl (C=O) groups excluding carboxylic acids is 1. The van der Waals surface area contributed by atoms with E-state index in [4.69, 9.17) is 19.7 Å². The van der Waals surface area contributed by atoms with E-state index in [1.807, 2.05) is 13.8 Å². The molecule has 0 saturated carbocycles. The van der Waals surface area contributed by atoms with Gasteiger partial charge < -0.3 is 29.9 Å². The molecule has 2 amide bonds. The van der Waals surface area contributed by atoms with Crippen LogP contribution in [0.3, 0.4) is 0 Å². The van der Waals surface area contributed by atoms with E-state index in [-0.39, 0.29) is 13.0 Å². The highest BCUT2D eigenvalue weighted by molar-refractivity contribution is 5.82. The number of aliphatic carboxylic acids is 1. The van der Waals surface area contributed by atoms with Gasteiger partial charge in [0.2, 0.25) is 0 Å². The zero-order chi connectivity index (χ0) is 16.1. The first-order chi connectivity index (χ1) is 10.1. The normalized spacial score (nSPS) is 12.0. The molecule has 8 heteroatoms. The Morgan fingerprint density at radius 1 is 1.14 bits per heavy atom. The van der Waals surface area contributed by atoms with Crippen LogP contribution in [-0.2, 0) is 14.3 Å². The summed E-state index contributed by atoms with van der Waals surface area (Å²) < 4.78 is 10.4. The predicted octanol–water partition coefficient (Wildman–Crippen LogP) is -0.0934. The van der Waals surface area contributed by atoms with Gasteiger partial charge >= 0.3 is 12.0 Å². The number of carboxylic acids is 1. The number of carboxylic acid groups (broad SMARTS) is 1. The molecule has 0 heterocycles. The quantitative estimate of drug-likeness (QED) is 0.435. The summed E-state index contributed by atoms with van der Waals surface area (Å²) in [6, 6.07) is -1.61. The summed E-state index contributed by atoms with van der Waals surface area (Å²) in [5.41, 5.74) is 0. The number of ether oxygens (including phenoxy) is 2. The number of amides is 2. The number of carbonyl (C=O) groups is 2. The van der Waals surface area contributed by atoms with Gasteiger partial charge in [0.05, 0.1) is 13.2 Å². The van der Waals surface area contributed by atoms with Crippen LogP contribution in [0.25, 0.3) is 0 Å². The number of nitrogens with zero attached hydrogens (tertiary/aromatic N) is 1. The lowest BCUT2D eigenvalue weighted by Gasteiger charge is -2.25. The van der Waals surface area contributed by atoms with Crippen molar-refractivity contribution in [2.45, 2.75) is 26.3 Å². The summed E-state index contributed by atoms with van der Waals surface area (Å²) in [5, 5.41) is 20.2. The predicted molar refractivity (Wildman–Crippen MR) is 76.2 cm³/mol. The molecule has 1 atom stereocenters. The van der Waals surface area contributed by atoms with Crippen molar-refractivity contribution in [1.82, 2.24) is 10.2 Å². The van der Waals surface area contributed by atoms with E-state index in [1.165, 1.54) is 4.90 Å². The van der Waals surface area contributed by atoms with Crippen LogP contribution in [0.1, 0.15) is 20.3 Å². The number of aliphatic hydroxyl groups excluding tert-OH is 1. The monoisotopic (exact) mass is 306 g/mol. The SMILES string of the molecule is CCOCCN(CCOCC)C(=O)NC(CCO)C(=O)O. The first-order valence-electron chi connectivity index (χ1n) is 7.11. The lowest BCUT2D eigenvalue weighted by atomic mass is 10.2. The number of rotatable bonds is 12. The molecule has 0 aromatic heterocycles. The van der Waals surface area contributed by atoms with Gasteiger partial charge in [-0.15, -0.1) is 0 Å². The van der Waals surface area contributed by atoms with E-state index in [0.717, 1.165) is 0 Å². The van der Waals surface area contributed by atoms with Crippen LogP contribution >= 0.6 is 0 Å². The minimum absolute atomic E-state index is 0.0359. The van der Waals surface area contributed by atoms with E-state index in [9.17, 15) is 9.59 Å². The molecule has 0 aliphatic carbocycles. The largest absolute Gasteiger partial charge is 0.480 e. The molecule has 8 nitrogen and oxygen atoms in total. The average molecular weight is 306 g/mol. The van der Waals surface area contributed by atoms with Crippen molar-refractivity contribution in [2.24, 2.45) is 0 Å². The standard InChI is InChI=1S/C13H26N2O6/c1-3-20-9-6-15(7-10-21-4-2)13(19)14-11(5-8-16)12(17)18/h11,16H,3-10H2,1-2H3,(H,14,19)(H,17,18). The zero-order valence-corrected chi connectivity index (χ0v) is 12.7. The van der Waals surface area contributed by atoms with Gasteiger partial charge in [0.1, 0.15) is 6.04 Å². The second-order valence-corrected chi connectivity index (χ2v) is 4.23. The van der Waals surface area contributed by atoms with E-state index < -0.39 is 18.0 Å². The van der Waals surface area contributed by atoms with Crippen LogP contribution in [0.4, 0.5) is 4.79 Å². The fourth-order valence-corrected chi connectivity index (χ4v) is 1.58. The summed E-state index contributed by atoms with van der Waals surface area (Å²) in [4.78, 5) is 24.5. The van der Waals surface area contributed by atoms with Crippen LogP contribution in [0, 0.1) is 0 Å². The molecule has 0 aliphatic heterocycles.